The summed E-state index contributed by atoms with van der Waals surface area (Å²) in [4.78, 5) is 12.4. The van der Waals surface area contributed by atoms with Crippen molar-refractivity contribution in [2.75, 3.05) is 4.31 Å². The third-order valence-corrected chi connectivity index (χ3v) is 7.86. The highest BCUT2D eigenvalue weighted by atomic mass is 32.2. The Morgan fingerprint density at radius 3 is 1.67 bits per heavy atom. The molecule has 0 heterocycles. The SMILES string of the molecule is CCCCCCCCCCCCC(C)OS(=O)(=O)N(C(=O)O)c1c(C(C)(C)C)cccc1C(C)(C)C. The fraction of sp³-hybridized carbons (Fsp3) is 0.759. The van der Waals surface area contributed by atoms with Gasteiger partial charge < -0.3 is 5.11 Å². The number of carbonyl (C=O) groups is 1. The average Bonchev–Trinajstić information content (AvgIpc) is 2.72. The molecule has 0 aliphatic heterocycles. The van der Waals surface area contributed by atoms with Gasteiger partial charge in [0.05, 0.1) is 11.8 Å². The number of para-hydroxylation sites is 1. The molecule has 1 unspecified atom stereocenters. The summed E-state index contributed by atoms with van der Waals surface area (Å²) >= 11 is 0. The number of benzene rings is 1. The van der Waals surface area contributed by atoms with E-state index in [0.717, 1.165) is 19.3 Å². The molecule has 6 nitrogen and oxygen atoms in total. The van der Waals surface area contributed by atoms with E-state index in [1.54, 1.807) is 19.1 Å². The van der Waals surface area contributed by atoms with Crippen LogP contribution in [0.25, 0.3) is 0 Å². The smallest absolute Gasteiger partial charge is 0.427 e. The van der Waals surface area contributed by atoms with E-state index in [9.17, 15) is 18.3 Å². The molecule has 0 aromatic heterocycles. The van der Waals surface area contributed by atoms with Crippen LogP contribution in [0.3, 0.4) is 0 Å². The van der Waals surface area contributed by atoms with Crippen LogP contribution in [0.1, 0.15) is 137 Å². The van der Waals surface area contributed by atoms with Crippen LogP contribution < -0.4 is 4.31 Å². The van der Waals surface area contributed by atoms with Gasteiger partial charge in [0.15, 0.2) is 0 Å². The van der Waals surface area contributed by atoms with Gasteiger partial charge in [-0.25, -0.2) is 4.79 Å². The fourth-order valence-electron chi connectivity index (χ4n) is 4.49. The minimum Gasteiger partial charge on any atom is -0.464 e. The molecule has 0 spiro atoms. The number of carboxylic acid groups (broad SMARTS) is 1. The first kappa shape index (κ1) is 32.4. The van der Waals surface area contributed by atoms with E-state index >= 15 is 0 Å². The maximum atomic E-state index is 13.3. The minimum atomic E-state index is -4.57. The lowest BCUT2D eigenvalue weighted by atomic mass is 9.79. The maximum absolute atomic E-state index is 13.3. The predicted octanol–water partition coefficient (Wildman–Crippen LogP) is 8.73. The molecule has 0 saturated heterocycles. The van der Waals surface area contributed by atoms with Crippen molar-refractivity contribution < 1.29 is 22.5 Å². The first-order valence-electron chi connectivity index (χ1n) is 13.7. The summed E-state index contributed by atoms with van der Waals surface area (Å²) < 4.78 is 32.6. The number of hydrogen-bond acceptors (Lipinski definition) is 4. The average molecular weight is 526 g/mol. The summed E-state index contributed by atoms with van der Waals surface area (Å²) in [5.41, 5.74) is 0.526. The lowest BCUT2D eigenvalue weighted by molar-refractivity contribution is 0.196. The van der Waals surface area contributed by atoms with Crippen LogP contribution in [0, 0.1) is 0 Å². The Labute approximate surface area is 221 Å². The summed E-state index contributed by atoms with van der Waals surface area (Å²) in [5.74, 6) is 0. The Morgan fingerprint density at radius 1 is 0.861 bits per heavy atom. The van der Waals surface area contributed by atoms with Crippen molar-refractivity contribution in [3.05, 3.63) is 29.3 Å². The van der Waals surface area contributed by atoms with Gasteiger partial charge in [-0.1, -0.05) is 131 Å². The fourth-order valence-corrected chi connectivity index (χ4v) is 5.70. The van der Waals surface area contributed by atoms with Crippen molar-refractivity contribution in [3.63, 3.8) is 0 Å². The lowest BCUT2D eigenvalue weighted by Crippen LogP contribution is -2.41. The zero-order valence-corrected chi connectivity index (χ0v) is 24.8. The Hall–Kier alpha value is -1.60. The molecule has 0 aliphatic carbocycles. The van der Waals surface area contributed by atoms with Gasteiger partial charge in [-0.05, 0) is 35.3 Å². The van der Waals surface area contributed by atoms with Crippen LogP contribution in [0.2, 0.25) is 0 Å². The van der Waals surface area contributed by atoms with Crippen LogP contribution in [0.15, 0.2) is 18.2 Å². The van der Waals surface area contributed by atoms with Gasteiger partial charge in [0.25, 0.3) is 0 Å². The van der Waals surface area contributed by atoms with Crippen molar-refractivity contribution in [2.45, 2.75) is 143 Å². The lowest BCUT2D eigenvalue weighted by Gasteiger charge is -2.33. The third-order valence-electron chi connectivity index (χ3n) is 6.50. The third kappa shape index (κ3) is 10.4. The second kappa shape index (κ2) is 14.4. The van der Waals surface area contributed by atoms with Crippen molar-refractivity contribution in [1.29, 1.82) is 0 Å². The monoisotopic (exact) mass is 525 g/mol. The molecule has 0 bridgehead atoms. The van der Waals surface area contributed by atoms with Gasteiger partial charge in [0.2, 0.25) is 0 Å². The molecular formula is C29H51NO5S. The first-order chi connectivity index (χ1) is 16.6. The van der Waals surface area contributed by atoms with Gasteiger partial charge >= 0.3 is 16.4 Å². The van der Waals surface area contributed by atoms with Gasteiger partial charge in [-0.3, -0.25) is 4.18 Å². The molecule has 208 valence electrons. The summed E-state index contributed by atoms with van der Waals surface area (Å²) in [5, 5.41) is 10.1. The minimum absolute atomic E-state index is 0.177. The maximum Gasteiger partial charge on any atom is 0.427 e. The normalized spacial score (nSPS) is 13.6. The highest BCUT2D eigenvalue weighted by molar-refractivity contribution is 7.89. The topological polar surface area (TPSA) is 83.9 Å². The van der Waals surface area contributed by atoms with Gasteiger partial charge in [0, 0.05) is 0 Å². The molecule has 0 aliphatic rings. The number of nitrogens with zero attached hydrogens (tertiary/aromatic N) is 1. The zero-order valence-electron chi connectivity index (χ0n) is 24.0. The highest BCUT2D eigenvalue weighted by Gasteiger charge is 2.39. The zero-order chi connectivity index (χ0) is 27.6. The Kier molecular flexibility index (Phi) is 12.9. The quantitative estimate of drug-likeness (QED) is 0.231. The first-order valence-corrected chi connectivity index (χ1v) is 15.1. The number of rotatable bonds is 15. The van der Waals surface area contributed by atoms with E-state index in [1.165, 1.54) is 44.9 Å². The van der Waals surface area contributed by atoms with E-state index in [0.29, 0.717) is 21.9 Å². The Morgan fingerprint density at radius 2 is 1.28 bits per heavy atom. The molecule has 7 heteroatoms. The molecule has 1 rings (SSSR count). The van der Waals surface area contributed by atoms with Crippen LogP contribution in [-0.4, -0.2) is 25.7 Å². The van der Waals surface area contributed by atoms with Crippen LogP contribution in [-0.2, 0) is 25.3 Å². The summed E-state index contributed by atoms with van der Waals surface area (Å²) in [6.45, 7) is 15.6. The van der Waals surface area contributed by atoms with Crippen molar-refractivity contribution in [3.8, 4) is 0 Å². The van der Waals surface area contributed by atoms with Crippen LogP contribution in [0.5, 0.6) is 0 Å². The second-order valence-electron chi connectivity index (χ2n) is 12.1. The van der Waals surface area contributed by atoms with Gasteiger partial charge in [0.1, 0.15) is 0 Å². The van der Waals surface area contributed by atoms with E-state index in [4.69, 9.17) is 4.18 Å². The van der Waals surface area contributed by atoms with Crippen molar-refractivity contribution in [2.24, 2.45) is 0 Å². The molecule has 1 N–H and O–H groups in total. The van der Waals surface area contributed by atoms with E-state index in [1.807, 2.05) is 47.6 Å². The Bertz CT molecular complexity index is 880. The standard InChI is InChI=1S/C29H51NO5S/c1-9-10-11-12-13-14-15-16-17-18-20-23(2)35-36(33,34)30(27(31)32)26-24(28(3,4)5)21-19-22-25(26)29(6,7)8/h19,21-23H,9-18,20H2,1-8H3,(H,31,32). The number of hydrogen-bond donors (Lipinski definition) is 1. The summed E-state index contributed by atoms with van der Waals surface area (Å²) in [6.07, 6.45) is 10.4. The molecule has 1 aromatic carbocycles. The Balaban J connectivity index is 2.91. The number of anilines is 1. The molecule has 0 saturated carbocycles. The molecule has 1 amide bonds. The molecule has 36 heavy (non-hydrogen) atoms. The number of amides is 1. The van der Waals surface area contributed by atoms with E-state index in [2.05, 4.69) is 6.92 Å². The molecular weight excluding hydrogens is 474 g/mol. The summed E-state index contributed by atoms with van der Waals surface area (Å²) in [7, 11) is -4.57. The van der Waals surface area contributed by atoms with E-state index < -0.39 is 33.3 Å². The van der Waals surface area contributed by atoms with Crippen LogP contribution >= 0.6 is 0 Å². The summed E-state index contributed by atoms with van der Waals surface area (Å²) in [6, 6.07) is 5.44. The van der Waals surface area contributed by atoms with Crippen molar-refractivity contribution >= 4 is 22.1 Å². The van der Waals surface area contributed by atoms with Crippen molar-refractivity contribution in [1.82, 2.24) is 0 Å². The van der Waals surface area contributed by atoms with E-state index in [-0.39, 0.29) is 5.69 Å². The second-order valence-corrected chi connectivity index (χ2v) is 13.5. The highest BCUT2D eigenvalue weighted by Crippen LogP contribution is 2.41. The molecule has 1 aromatic rings. The predicted molar refractivity (Wildman–Crippen MR) is 150 cm³/mol. The van der Waals surface area contributed by atoms with Gasteiger partial charge in [-0.2, -0.15) is 8.42 Å². The largest absolute Gasteiger partial charge is 0.464 e. The molecule has 0 radical (unpaired) electrons. The molecule has 0 fully saturated rings. The van der Waals surface area contributed by atoms with Gasteiger partial charge in [-0.15, -0.1) is 4.31 Å². The van der Waals surface area contributed by atoms with Crippen LogP contribution in [0.4, 0.5) is 10.5 Å². The number of unbranched alkanes of at least 4 members (excludes halogenated alkanes) is 9. The molecule has 1 atom stereocenters.